The third kappa shape index (κ3) is 5.64. The van der Waals surface area contributed by atoms with Crippen LogP contribution in [0.15, 0.2) is 23.8 Å². The van der Waals surface area contributed by atoms with E-state index in [0.717, 1.165) is 43.4 Å². The summed E-state index contributed by atoms with van der Waals surface area (Å²) in [5.41, 5.74) is 2.11. The molecular formula is C35H58O6. The summed E-state index contributed by atoms with van der Waals surface area (Å²) in [6, 6.07) is 0. The first-order chi connectivity index (χ1) is 19.4. The minimum Gasteiger partial charge on any atom is -0.394 e. The summed E-state index contributed by atoms with van der Waals surface area (Å²) in [5, 5.41) is 40.4. The van der Waals surface area contributed by atoms with Crippen LogP contribution in [0.1, 0.15) is 99.3 Å². The van der Waals surface area contributed by atoms with Crippen LogP contribution in [0.2, 0.25) is 0 Å². The van der Waals surface area contributed by atoms with E-state index in [0.29, 0.717) is 29.1 Å². The highest BCUT2D eigenvalue weighted by Gasteiger charge is 2.59. The first-order valence-electron chi connectivity index (χ1n) is 16.8. The summed E-state index contributed by atoms with van der Waals surface area (Å²) < 4.78 is 11.9. The molecule has 5 aliphatic rings. The molecule has 1 aliphatic heterocycles. The van der Waals surface area contributed by atoms with Gasteiger partial charge in [0.25, 0.3) is 0 Å². The molecular weight excluding hydrogens is 516 g/mol. The van der Waals surface area contributed by atoms with Crippen LogP contribution in [0.5, 0.6) is 0 Å². The van der Waals surface area contributed by atoms with Crippen LogP contribution in [0.3, 0.4) is 0 Å². The lowest BCUT2D eigenvalue weighted by atomic mass is 9.47. The van der Waals surface area contributed by atoms with Gasteiger partial charge in [0, 0.05) is 0 Å². The average Bonchev–Trinajstić information content (AvgIpc) is 3.30. The van der Waals surface area contributed by atoms with Crippen molar-refractivity contribution in [1.82, 2.24) is 0 Å². The Kier molecular flexibility index (Phi) is 9.51. The number of allylic oxidation sites excluding steroid dienone is 3. The zero-order valence-electron chi connectivity index (χ0n) is 26.4. The zero-order chi connectivity index (χ0) is 29.7. The van der Waals surface area contributed by atoms with Crippen molar-refractivity contribution >= 4 is 0 Å². The van der Waals surface area contributed by atoms with Gasteiger partial charge in [0.05, 0.1) is 12.7 Å². The summed E-state index contributed by atoms with van der Waals surface area (Å²) in [5.74, 6) is 5.05. The van der Waals surface area contributed by atoms with Crippen molar-refractivity contribution in [3.8, 4) is 0 Å². The second-order valence-corrected chi connectivity index (χ2v) is 15.2. The predicted molar refractivity (Wildman–Crippen MR) is 161 cm³/mol. The SMILES string of the molecule is CCC(/C=C/C(C)C1CCC2C3CC=C4CC(O[C@@H]5OC(CO)[C@@H](O)C(O)[C@@H]5O)CCC4(C)C3CCC12C)C(C)C. The van der Waals surface area contributed by atoms with Gasteiger partial charge in [-0.25, -0.2) is 0 Å². The minimum absolute atomic E-state index is 0.109. The quantitative estimate of drug-likeness (QED) is 0.281. The lowest BCUT2D eigenvalue weighted by molar-refractivity contribution is -0.313. The lowest BCUT2D eigenvalue weighted by Gasteiger charge is -2.58. The monoisotopic (exact) mass is 574 g/mol. The Balaban J connectivity index is 1.26. The molecule has 0 radical (unpaired) electrons. The number of aliphatic hydroxyl groups is 4. The third-order valence-corrected chi connectivity index (χ3v) is 12.9. The number of ether oxygens (including phenoxy) is 2. The molecule has 5 rings (SSSR count). The molecule has 1 saturated heterocycles. The van der Waals surface area contributed by atoms with Crippen LogP contribution in [0.4, 0.5) is 0 Å². The normalized spacial score (nSPS) is 47.9. The lowest BCUT2D eigenvalue weighted by Crippen LogP contribution is -2.60. The molecule has 11 unspecified atom stereocenters. The second kappa shape index (κ2) is 12.3. The molecule has 0 aromatic carbocycles. The van der Waals surface area contributed by atoms with Gasteiger partial charge < -0.3 is 29.9 Å². The molecule has 1 heterocycles. The largest absolute Gasteiger partial charge is 0.394 e. The molecule has 0 spiro atoms. The molecule has 4 aliphatic carbocycles. The Bertz CT molecular complexity index is 960. The maximum atomic E-state index is 10.5. The van der Waals surface area contributed by atoms with E-state index in [1.165, 1.54) is 37.7 Å². The maximum Gasteiger partial charge on any atom is 0.186 e. The second-order valence-electron chi connectivity index (χ2n) is 15.2. The molecule has 4 N–H and O–H groups in total. The molecule has 0 aromatic rings. The van der Waals surface area contributed by atoms with Crippen molar-refractivity contribution in [1.29, 1.82) is 0 Å². The van der Waals surface area contributed by atoms with Gasteiger partial charge in [-0.3, -0.25) is 0 Å². The Morgan fingerprint density at radius 3 is 2.41 bits per heavy atom. The van der Waals surface area contributed by atoms with E-state index < -0.39 is 37.3 Å². The highest BCUT2D eigenvalue weighted by molar-refractivity contribution is 5.25. The Labute approximate surface area is 248 Å². The van der Waals surface area contributed by atoms with Gasteiger partial charge in [0.1, 0.15) is 24.4 Å². The standard InChI is InChI=1S/C35H58O6/c1-7-22(20(2)3)9-8-21(4)26-12-13-27-25-11-10-23-18-24(14-16-34(23,5)28(25)15-17-35(26,27)6)40-33-32(39)31(38)30(37)29(19-36)41-33/h8-10,20-22,24-33,36-39H,7,11-19H2,1-6H3/b9-8+/t21?,22?,24?,25?,26?,27?,28?,29?,30-,31?,32+,33-,34?,35?/m1/s1. The van der Waals surface area contributed by atoms with Crippen molar-refractivity contribution in [2.75, 3.05) is 6.61 Å². The number of hydrogen-bond acceptors (Lipinski definition) is 6. The zero-order valence-corrected chi connectivity index (χ0v) is 26.4. The van der Waals surface area contributed by atoms with Crippen molar-refractivity contribution in [3.05, 3.63) is 23.8 Å². The Morgan fingerprint density at radius 2 is 1.73 bits per heavy atom. The van der Waals surface area contributed by atoms with Crippen molar-refractivity contribution in [2.45, 2.75) is 136 Å². The average molecular weight is 575 g/mol. The van der Waals surface area contributed by atoms with Gasteiger partial charge in [-0.05, 0) is 110 Å². The fourth-order valence-corrected chi connectivity index (χ4v) is 10.3. The Hall–Kier alpha value is -0.760. The van der Waals surface area contributed by atoms with Crippen LogP contribution in [-0.2, 0) is 9.47 Å². The van der Waals surface area contributed by atoms with Crippen molar-refractivity contribution < 1.29 is 29.9 Å². The molecule has 14 atom stereocenters. The Morgan fingerprint density at radius 1 is 0.976 bits per heavy atom. The molecule has 41 heavy (non-hydrogen) atoms. The summed E-state index contributed by atoms with van der Waals surface area (Å²) in [7, 11) is 0. The van der Waals surface area contributed by atoms with Gasteiger partial charge in [-0.15, -0.1) is 0 Å². The predicted octanol–water partition coefficient (Wildman–Crippen LogP) is 5.63. The van der Waals surface area contributed by atoms with E-state index >= 15 is 0 Å². The first kappa shape index (κ1) is 31.7. The molecule has 0 aromatic heterocycles. The van der Waals surface area contributed by atoms with Gasteiger partial charge >= 0.3 is 0 Å². The fourth-order valence-electron chi connectivity index (χ4n) is 10.3. The number of hydrogen-bond donors (Lipinski definition) is 4. The topological polar surface area (TPSA) is 99.4 Å². The molecule has 3 saturated carbocycles. The van der Waals surface area contributed by atoms with Crippen LogP contribution >= 0.6 is 0 Å². The van der Waals surface area contributed by atoms with E-state index in [2.05, 4.69) is 59.8 Å². The molecule has 6 heteroatoms. The van der Waals surface area contributed by atoms with Crippen LogP contribution in [0, 0.1) is 52.3 Å². The minimum atomic E-state index is -1.40. The summed E-state index contributed by atoms with van der Waals surface area (Å²) in [4.78, 5) is 0. The molecule has 4 fully saturated rings. The van der Waals surface area contributed by atoms with Crippen molar-refractivity contribution in [3.63, 3.8) is 0 Å². The summed E-state index contributed by atoms with van der Waals surface area (Å²) in [6.07, 6.45) is 11.9. The summed E-state index contributed by atoms with van der Waals surface area (Å²) in [6.45, 7) is 14.2. The van der Waals surface area contributed by atoms with E-state index in [-0.39, 0.29) is 11.5 Å². The highest BCUT2D eigenvalue weighted by Crippen LogP contribution is 2.67. The number of aliphatic hydroxyl groups excluding tert-OH is 4. The molecule has 234 valence electrons. The van der Waals surface area contributed by atoms with E-state index in [1.807, 2.05) is 0 Å². The van der Waals surface area contributed by atoms with Gasteiger partial charge in [0.2, 0.25) is 0 Å². The number of rotatable bonds is 8. The van der Waals surface area contributed by atoms with E-state index in [1.54, 1.807) is 0 Å². The summed E-state index contributed by atoms with van der Waals surface area (Å²) >= 11 is 0. The molecule has 6 nitrogen and oxygen atoms in total. The van der Waals surface area contributed by atoms with Crippen molar-refractivity contribution in [2.24, 2.45) is 52.3 Å². The van der Waals surface area contributed by atoms with Gasteiger partial charge in [-0.2, -0.15) is 0 Å². The van der Waals surface area contributed by atoms with Crippen LogP contribution < -0.4 is 0 Å². The number of fused-ring (bicyclic) bond motifs is 5. The van der Waals surface area contributed by atoms with Crippen LogP contribution in [-0.4, -0.2) is 63.8 Å². The van der Waals surface area contributed by atoms with Gasteiger partial charge in [0.15, 0.2) is 6.29 Å². The van der Waals surface area contributed by atoms with Crippen LogP contribution in [0.25, 0.3) is 0 Å². The maximum absolute atomic E-state index is 10.5. The van der Waals surface area contributed by atoms with E-state index in [4.69, 9.17) is 9.47 Å². The third-order valence-electron chi connectivity index (χ3n) is 12.9. The van der Waals surface area contributed by atoms with E-state index in [9.17, 15) is 20.4 Å². The highest BCUT2D eigenvalue weighted by atomic mass is 16.7. The first-order valence-corrected chi connectivity index (χ1v) is 16.8. The molecule has 0 amide bonds. The molecule has 0 bridgehead atoms. The smallest absolute Gasteiger partial charge is 0.186 e. The van der Waals surface area contributed by atoms with Gasteiger partial charge in [-0.1, -0.05) is 65.3 Å². The fraction of sp³-hybridized carbons (Fsp3) is 0.886.